The lowest BCUT2D eigenvalue weighted by molar-refractivity contribution is 0.0618. The van der Waals surface area contributed by atoms with E-state index in [-0.39, 0.29) is 11.9 Å². The molecular formula is C23H25N3O2. The zero-order chi connectivity index (χ0) is 18.9. The van der Waals surface area contributed by atoms with E-state index >= 15 is 0 Å². The molecule has 28 heavy (non-hydrogen) atoms. The number of hydrogen-bond acceptors (Lipinski definition) is 3. The minimum absolute atomic E-state index is 0.0241. The van der Waals surface area contributed by atoms with Crippen molar-refractivity contribution >= 4 is 16.8 Å². The highest BCUT2D eigenvalue weighted by Crippen LogP contribution is 2.29. The Morgan fingerprint density at radius 1 is 1.11 bits per heavy atom. The van der Waals surface area contributed by atoms with Crippen LogP contribution in [-0.2, 0) is 6.61 Å². The molecule has 1 amide bonds. The van der Waals surface area contributed by atoms with Crippen molar-refractivity contribution in [3.05, 3.63) is 65.9 Å². The zero-order valence-electron chi connectivity index (χ0n) is 15.9. The van der Waals surface area contributed by atoms with Gasteiger partial charge in [0.1, 0.15) is 18.1 Å². The molecule has 144 valence electrons. The summed E-state index contributed by atoms with van der Waals surface area (Å²) < 4.78 is 6.02. The van der Waals surface area contributed by atoms with Crippen LogP contribution in [0.3, 0.4) is 0 Å². The predicted octanol–water partition coefficient (Wildman–Crippen LogP) is 3.57. The molecule has 5 heteroatoms. The number of fused-ring (bicyclic) bond motifs is 4. The van der Waals surface area contributed by atoms with Crippen LogP contribution >= 0.6 is 0 Å². The number of para-hydroxylation sites is 1. The molecule has 2 bridgehead atoms. The first-order valence-corrected chi connectivity index (χ1v) is 10.1. The Hall–Kier alpha value is -2.79. The van der Waals surface area contributed by atoms with Crippen LogP contribution in [0.4, 0.5) is 0 Å². The smallest absolute Gasteiger partial charge is 0.268 e. The van der Waals surface area contributed by atoms with Gasteiger partial charge in [0.15, 0.2) is 0 Å². The molecule has 3 fully saturated rings. The number of H-pyrrole nitrogens is 1. The molecule has 1 unspecified atom stereocenters. The Morgan fingerprint density at radius 3 is 2.68 bits per heavy atom. The third-order valence-electron chi connectivity index (χ3n) is 6.07. The van der Waals surface area contributed by atoms with E-state index in [0.29, 0.717) is 18.2 Å². The molecular weight excluding hydrogens is 350 g/mol. The highest BCUT2D eigenvalue weighted by molar-refractivity contribution is 5.99. The number of benzene rings is 2. The second-order valence-corrected chi connectivity index (χ2v) is 7.90. The maximum absolute atomic E-state index is 12.8. The number of aromatic nitrogens is 1. The van der Waals surface area contributed by atoms with E-state index in [9.17, 15) is 4.79 Å². The number of carbonyl (C=O) groups is 1. The molecule has 4 heterocycles. The Morgan fingerprint density at radius 2 is 1.93 bits per heavy atom. The topological polar surface area (TPSA) is 57.4 Å². The van der Waals surface area contributed by atoms with Crippen molar-refractivity contribution in [3.63, 3.8) is 0 Å². The van der Waals surface area contributed by atoms with Crippen LogP contribution < -0.4 is 10.1 Å². The number of nitrogens with zero attached hydrogens (tertiary/aromatic N) is 1. The molecule has 3 aliphatic rings. The molecule has 0 spiro atoms. The summed E-state index contributed by atoms with van der Waals surface area (Å²) in [5.74, 6) is 1.36. The summed E-state index contributed by atoms with van der Waals surface area (Å²) >= 11 is 0. The Bertz CT molecular complexity index is 974. The summed E-state index contributed by atoms with van der Waals surface area (Å²) in [5.41, 5.74) is 2.59. The molecule has 2 N–H and O–H groups in total. The molecule has 1 atom stereocenters. The third-order valence-corrected chi connectivity index (χ3v) is 6.07. The average Bonchev–Trinajstić information content (AvgIpc) is 3.19. The van der Waals surface area contributed by atoms with Crippen LogP contribution in [0.1, 0.15) is 28.9 Å². The number of carbonyl (C=O) groups excluding carboxylic acids is 1. The van der Waals surface area contributed by atoms with Gasteiger partial charge in [-0.1, -0.05) is 42.5 Å². The van der Waals surface area contributed by atoms with Crippen molar-refractivity contribution in [2.75, 3.05) is 19.6 Å². The predicted molar refractivity (Wildman–Crippen MR) is 109 cm³/mol. The van der Waals surface area contributed by atoms with E-state index in [4.69, 9.17) is 4.74 Å². The number of ether oxygens (including phenoxy) is 1. The Kier molecular flexibility index (Phi) is 4.53. The molecule has 0 aliphatic carbocycles. The Labute approximate surface area is 164 Å². The summed E-state index contributed by atoms with van der Waals surface area (Å²) in [6.45, 7) is 3.82. The first-order valence-electron chi connectivity index (χ1n) is 10.1. The van der Waals surface area contributed by atoms with Gasteiger partial charge in [0.25, 0.3) is 5.91 Å². The number of aromatic amines is 1. The summed E-state index contributed by atoms with van der Waals surface area (Å²) in [6, 6.07) is 18.2. The number of piperidine rings is 3. The molecule has 3 aromatic rings. The number of rotatable bonds is 5. The van der Waals surface area contributed by atoms with Crippen LogP contribution in [0.15, 0.2) is 54.6 Å². The third kappa shape index (κ3) is 3.38. The van der Waals surface area contributed by atoms with Crippen LogP contribution in [0.25, 0.3) is 10.9 Å². The standard InChI is InChI=1S/C23H25N3O2/c27-23(25-20-14-26-11-9-17(20)10-12-26)19-13-18-7-4-8-21(22(18)24-19)28-15-16-5-2-1-3-6-16/h1-8,13,17,20,24H,9-12,14-15H2,(H,25,27). The van der Waals surface area contributed by atoms with Gasteiger partial charge < -0.3 is 19.9 Å². The monoisotopic (exact) mass is 375 g/mol. The minimum Gasteiger partial charge on any atom is -0.487 e. The quantitative estimate of drug-likeness (QED) is 0.717. The molecule has 3 saturated heterocycles. The number of amides is 1. The van der Waals surface area contributed by atoms with E-state index in [2.05, 4.69) is 15.2 Å². The van der Waals surface area contributed by atoms with Crippen molar-refractivity contribution in [1.29, 1.82) is 0 Å². The van der Waals surface area contributed by atoms with Crippen molar-refractivity contribution in [1.82, 2.24) is 15.2 Å². The van der Waals surface area contributed by atoms with Gasteiger partial charge in [-0.15, -0.1) is 0 Å². The summed E-state index contributed by atoms with van der Waals surface area (Å²) in [5, 5.41) is 4.24. The van der Waals surface area contributed by atoms with Gasteiger partial charge in [0.2, 0.25) is 0 Å². The van der Waals surface area contributed by atoms with Gasteiger partial charge in [0.05, 0.1) is 5.52 Å². The molecule has 5 nitrogen and oxygen atoms in total. The fourth-order valence-corrected chi connectivity index (χ4v) is 4.48. The molecule has 0 radical (unpaired) electrons. The van der Waals surface area contributed by atoms with E-state index in [0.717, 1.165) is 28.8 Å². The maximum atomic E-state index is 12.8. The van der Waals surface area contributed by atoms with Crippen LogP contribution in [0.2, 0.25) is 0 Å². The van der Waals surface area contributed by atoms with Gasteiger partial charge in [-0.3, -0.25) is 4.79 Å². The van der Waals surface area contributed by atoms with E-state index in [1.54, 1.807) is 0 Å². The fourth-order valence-electron chi connectivity index (χ4n) is 4.48. The molecule has 1 aromatic heterocycles. The van der Waals surface area contributed by atoms with Gasteiger partial charge in [-0.25, -0.2) is 0 Å². The Balaban J connectivity index is 1.32. The van der Waals surface area contributed by atoms with Crippen molar-refractivity contribution in [2.24, 2.45) is 5.92 Å². The summed E-state index contributed by atoms with van der Waals surface area (Å²) in [7, 11) is 0. The van der Waals surface area contributed by atoms with E-state index < -0.39 is 0 Å². The largest absolute Gasteiger partial charge is 0.487 e. The van der Waals surface area contributed by atoms with Gasteiger partial charge in [-0.05, 0) is 49.5 Å². The summed E-state index contributed by atoms with van der Waals surface area (Å²) in [4.78, 5) is 18.6. The van der Waals surface area contributed by atoms with Crippen LogP contribution in [0.5, 0.6) is 5.75 Å². The normalized spacial score (nSPS) is 23.6. The maximum Gasteiger partial charge on any atom is 0.268 e. The average molecular weight is 375 g/mol. The van der Waals surface area contributed by atoms with Crippen LogP contribution in [-0.4, -0.2) is 41.5 Å². The second kappa shape index (κ2) is 7.32. The van der Waals surface area contributed by atoms with E-state index in [1.165, 1.54) is 25.9 Å². The lowest BCUT2D eigenvalue weighted by Gasteiger charge is -2.44. The van der Waals surface area contributed by atoms with Crippen molar-refractivity contribution < 1.29 is 9.53 Å². The second-order valence-electron chi connectivity index (χ2n) is 7.90. The molecule has 6 rings (SSSR count). The number of nitrogens with one attached hydrogen (secondary N) is 2. The SMILES string of the molecule is O=C(NC1CN2CCC1CC2)c1cc2cccc(OCc3ccccc3)c2[nH]1. The lowest BCUT2D eigenvalue weighted by atomic mass is 9.84. The van der Waals surface area contributed by atoms with Crippen molar-refractivity contribution in [2.45, 2.75) is 25.5 Å². The highest BCUT2D eigenvalue weighted by Gasteiger charge is 2.35. The number of hydrogen-bond donors (Lipinski definition) is 2. The minimum atomic E-state index is -0.0241. The van der Waals surface area contributed by atoms with Crippen LogP contribution in [0, 0.1) is 5.92 Å². The fraction of sp³-hybridized carbons (Fsp3) is 0.348. The molecule has 3 aliphatic heterocycles. The molecule has 2 aromatic carbocycles. The lowest BCUT2D eigenvalue weighted by Crippen LogP contribution is -2.57. The van der Waals surface area contributed by atoms with Gasteiger partial charge in [0, 0.05) is 18.0 Å². The van der Waals surface area contributed by atoms with Crippen molar-refractivity contribution in [3.8, 4) is 5.75 Å². The first-order chi connectivity index (χ1) is 13.8. The van der Waals surface area contributed by atoms with Gasteiger partial charge in [-0.2, -0.15) is 0 Å². The first kappa shape index (κ1) is 17.3. The van der Waals surface area contributed by atoms with Gasteiger partial charge >= 0.3 is 0 Å². The van der Waals surface area contributed by atoms with E-state index in [1.807, 2.05) is 54.6 Å². The molecule has 0 saturated carbocycles. The zero-order valence-corrected chi connectivity index (χ0v) is 15.9. The summed E-state index contributed by atoms with van der Waals surface area (Å²) in [6.07, 6.45) is 2.38. The highest BCUT2D eigenvalue weighted by atomic mass is 16.5.